The topological polar surface area (TPSA) is 145 Å². The molecule has 0 bridgehead atoms. The number of hydrogen-bond donors (Lipinski definition) is 3. The Morgan fingerprint density at radius 1 is 1.02 bits per heavy atom. The van der Waals surface area contributed by atoms with Gasteiger partial charge in [-0.05, 0) is 70.6 Å². The first-order valence-corrected chi connectivity index (χ1v) is 13.7. The van der Waals surface area contributed by atoms with Crippen molar-refractivity contribution < 1.29 is 33.8 Å². The summed E-state index contributed by atoms with van der Waals surface area (Å²) >= 11 is 0. The van der Waals surface area contributed by atoms with E-state index >= 15 is 0 Å². The van der Waals surface area contributed by atoms with E-state index in [4.69, 9.17) is 4.74 Å². The third-order valence-corrected chi connectivity index (χ3v) is 6.93. The van der Waals surface area contributed by atoms with E-state index in [1.165, 1.54) is 0 Å². The molecule has 11 heteroatoms. The van der Waals surface area contributed by atoms with E-state index in [-0.39, 0.29) is 36.9 Å². The van der Waals surface area contributed by atoms with Crippen molar-refractivity contribution in [3.05, 3.63) is 48.0 Å². The van der Waals surface area contributed by atoms with Crippen molar-refractivity contribution in [3.63, 3.8) is 0 Å². The Kier molecular flexibility index (Phi) is 10.7. The fraction of sp³-hybridized carbons (Fsp3) is 0.552. The second-order valence-electron chi connectivity index (χ2n) is 11.3. The average Bonchev–Trinajstić information content (AvgIpc) is 2.93. The predicted octanol–water partition coefficient (Wildman–Crippen LogP) is 2.43. The van der Waals surface area contributed by atoms with Gasteiger partial charge in [0, 0.05) is 38.3 Å². The van der Waals surface area contributed by atoms with Crippen LogP contribution in [0.4, 0.5) is 4.79 Å². The van der Waals surface area contributed by atoms with Crippen LogP contribution in [0.15, 0.2) is 42.5 Å². The number of carbonyl (C=O) groups is 5. The highest BCUT2D eigenvalue weighted by Gasteiger charge is 2.30. The second-order valence-corrected chi connectivity index (χ2v) is 11.3. The molecule has 40 heavy (non-hydrogen) atoms. The number of nitrogens with one attached hydrogen (secondary N) is 2. The summed E-state index contributed by atoms with van der Waals surface area (Å²) in [5.41, 5.74) is -0.220. The highest BCUT2D eigenvalue weighted by atomic mass is 16.6. The summed E-state index contributed by atoms with van der Waals surface area (Å²) in [6.07, 6.45) is 5.81. The van der Waals surface area contributed by atoms with Crippen LogP contribution >= 0.6 is 0 Å². The van der Waals surface area contributed by atoms with Gasteiger partial charge in [-0.2, -0.15) is 0 Å². The van der Waals surface area contributed by atoms with Gasteiger partial charge in [0.25, 0.3) is 5.91 Å². The van der Waals surface area contributed by atoms with E-state index in [2.05, 4.69) is 10.6 Å². The number of carbonyl (C=O) groups excluding carboxylic acids is 4. The molecule has 1 aromatic rings. The van der Waals surface area contributed by atoms with Crippen molar-refractivity contribution >= 4 is 29.8 Å². The average molecular weight is 557 g/mol. The summed E-state index contributed by atoms with van der Waals surface area (Å²) in [6, 6.07) is 6.95. The molecule has 2 heterocycles. The number of allylic oxidation sites excluding steroid dienone is 1. The number of carboxylic acid groups (broad SMARTS) is 1. The third-order valence-electron chi connectivity index (χ3n) is 6.93. The molecule has 1 unspecified atom stereocenters. The Bertz CT molecular complexity index is 1090. The minimum atomic E-state index is -1.29. The zero-order valence-electron chi connectivity index (χ0n) is 23.4. The molecule has 4 amide bonds. The summed E-state index contributed by atoms with van der Waals surface area (Å²) < 4.78 is 5.42. The van der Waals surface area contributed by atoms with Crippen LogP contribution in [0.25, 0.3) is 0 Å². The highest BCUT2D eigenvalue weighted by molar-refractivity contribution is 5.96. The highest BCUT2D eigenvalue weighted by Crippen LogP contribution is 2.22. The SMILES string of the molecule is CC(C)(C)OC(=O)N1CCC(/C=C/C(=O)N2CCC[C@@H](C(=O)NCC(NC(=O)c3ccccc3)C(=O)O)C2)CC1. The minimum Gasteiger partial charge on any atom is -0.480 e. The van der Waals surface area contributed by atoms with Crippen LogP contribution in [0.2, 0.25) is 0 Å². The van der Waals surface area contributed by atoms with Gasteiger partial charge in [0.15, 0.2) is 0 Å². The van der Waals surface area contributed by atoms with Gasteiger partial charge in [-0.15, -0.1) is 0 Å². The number of piperidine rings is 2. The predicted molar refractivity (Wildman–Crippen MR) is 147 cm³/mol. The Labute approximate surface area is 234 Å². The molecule has 2 saturated heterocycles. The lowest BCUT2D eigenvalue weighted by Crippen LogP contribution is -2.51. The number of likely N-dealkylation sites (tertiary alicyclic amines) is 2. The van der Waals surface area contributed by atoms with Gasteiger partial charge in [-0.3, -0.25) is 14.4 Å². The van der Waals surface area contributed by atoms with E-state index < -0.39 is 29.4 Å². The maximum Gasteiger partial charge on any atom is 0.410 e. The van der Waals surface area contributed by atoms with Gasteiger partial charge in [-0.25, -0.2) is 9.59 Å². The number of amides is 4. The Hall–Kier alpha value is -3.89. The molecule has 0 spiro atoms. The van der Waals surface area contributed by atoms with Crippen LogP contribution in [0.5, 0.6) is 0 Å². The van der Waals surface area contributed by atoms with E-state index in [1.807, 2.05) is 26.8 Å². The lowest BCUT2D eigenvalue weighted by atomic mass is 9.95. The molecule has 0 aromatic heterocycles. The summed E-state index contributed by atoms with van der Waals surface area (Å²) in [4.78, 5) is 65.2. The van der Waals surface area contributed by atoms with Crippen molar-refractivity contribution in [2.75, 3.05) is 32.7 Å². The standard InChI is InChI=1S/C29H40N4O7/c1-29(2,3)40-28(39)32-16-13-20(14-17-32)11-12-24(34)33-15-7-10-22(19-33)25(35)30-18-23(27(37)38)31-26(36)21-8-5-4-6-9-21/h4-6,8-9,11-12,20,22-23H,7,10,13-19H2,1-3H3,(H,30,35)(H,31,36)(H,37,38)/b12-11+/t22-,23?/m1/s1. The fourth-order valence-corrected chi connectivity index (χ4v) is 4.69. The van der Waals surface area contributed by atoms with E-state index in [0.29, 0.717) is 38.0 Å². The largest absolute Gasteiger partial charge is 0.480 e. The van der Waals surface area contributed by atoms with Gasteiger partial charge in [0.05, 0.1) is 5.92 Å². The summed E-state index contributed by atoms with van der Waals surface area (Å²) in [5.74, 6) is -2.62. The van der Waals surface area contributed by atoms with Crippen molar-refractivity contribution in [1.29, 1.82) is 0 Å². The van der Waals surface area contributed by atoms with Crippen molar-refractivity contribution in [2.24, 2.45) is 11.8 Å². The Morgan fingerprint density at radius 3 is 2.33 bits per heavy atom. The molecule has 2 aliphatic rings. The van der Waals surface area contributed by atoms with E-state index in [0.717, 1.165) is 12.8 Å². The lowest BCUT2D eigenvalue weighted by Gasteiger charge is -2.33. The van der Waals surface area contributed by atoms with Crippen LogP contribution < -0.4 is 10.6 Å². The quantitative estimate of drug-likeness (QED) is 0.417. The Balaban J connectivity index is 1.45. The number of benzene rings is 1. The van der Waals surface area contributed by atoms with Crippen molar-refractivity contribution in [3.8, 4) is 0 Å². The molecule has 11 nitrogen and oxygen atoms in total. The maximum atomic E-state index is 12.8. The molecule has 2 fully saturated rings. The van der Waals surface area contributed by atoms with Crippen molar-refractivity contribution in [2.45, 2.75) is 58.1 Å². The maximum absolute atomic E-state index is 12.8. The molecule has 1 aromatic carbocycles. The molecule has 2 aliphatic heterocycles. The molecule has 0 aliphatic carbocycles. The molecule has 0 saturated carbocycles. The third kappa shape index (κ3) is 9.39. The lowest BCUT2D eigenvalue weighted by molar-refractivity contribution is -0.139. The van der Waals surface area contributed by atoms with Gasteiger partial charge >= 0.3 is 12.1 Å². The smallest absolute Gasteiger partial charge is 0.410 e. The summed E-state index contributed by atoms with van der Waals surface area (Å²) in [5, 5.41) is 14.6. The number of nitrogens with zero attached hydrogens (tertiary/aromatic N) is 2. The van der Waals surface area contributed by atoms with Gasteiger partial charge in [0.2, 0.25) is 11.8 Å². The first-order valence-electron chi connectivity index (χ1n) is 13.7. The van der Waals surface area contributed by atoms with Crippen LogP contribution in [-0.2, 0) is 19.1 Å². The zero-order chi connectivity index (χ0) is 29.3. The number of ether oxygens (including phenoxy) is 1. The van der Waals surface area contributed by atoms with Gasteiger partial charge in [-0.1, -0.05) is 24.3 Å². The molecule has 0 radical (unpaired) electrons. The van der Waals surface area contributed by atoms with Crippen LogP contribution in [0, 0.1) is 11.8 Å². The molecular weight excluding hydrogens is 516 g/mol. The number of rotatable bonds is 8. The Morgan fingerprint density at radius 2 is 1.70 bits per heavy atom. The fourth-order valence-electron chi connectivity index (χ4n) is 4.69. The van der Waals surface area contributed by atoms with Crippen LogP contribution in [-0.4, -0.2) is 89.1 Å². The number of aliphatic carboxylic acids is 1. The summed E-state index contributed by atoms with van der Waals surface area (Å²) in [6.45, 7) is 7.13. The van der Waals surface area contributed by atoms with Crippen LogP contribution in [0.3, 0.4) is 0 Å². The zero-order valence-corrected chi connectivity index (χ0v) is 23.4. The van der Waals surface area contributed by atoms with Gasteiger partial charge < -0.3 is 30.3 Å². The molecule has 218 valence electrons. The number of hydrogen-bond acceptors (Lipinski definition) is 6. The monoisotopic (exact) mass is 556 g/mol. The molecule has 3 N–H and O–H groups in total. The first kappa shape index (κ1) is 30.6. The van der Waals surface area contributed by atoms with Crippen LogP contribution in [0.1, 0.15) is 56.8 Å². The first-order chi connectivity index (χ1) is 18.9. The second kappa shape index (κ2) is 14.0. The molecular formula is C29H40N4O7. The normalized spacial score (nSPS) is 19.1. The van der Waals surface area contributed by atoms with E-state index in [1.54, 1.807) is 46.2 Å². The minimum absolute atomic E-state index is 0.172. The van der Waals surface area contributed by atoms with E-state index in [9.17, 15) is 29.1 Å². The number of carboxylic acids is 1. The molecule has 3 rings (SSSR count). The van der Waals surface area contributed by atoms with Crippen molar-refractivity contribution in [1.82, 2.24) is 20.4 Å². The summed E-state index contributed by atoms with van der Waals surface area (Å²) in [7, 11) is 0. The molecule has 2 atom stereocenters. The van der Waals surface area contributed by atoms with Gasteiger partial charge in [0.1, 0.15) is 11.6 Å².